The summed E-state index contributed by atoms with van der Waals surface area (Å²) in [6.45, 7) is 3.33. The van der Waals surface area contributed by atoms with E-state index in [9.17, 15) is 0 Å². The number of imidazole rings is 1. The lowest BCUT2D eigenvalue weighted by Gasteiger charge is -2.10. The predicted molar refractivity (Wildman–Crippen MR) is 129 cm³/mol. The van der Waals surface area contributed by atoms with Crippen LogP contribution in [0.3, 0.4) is 0 Å². The minimum absolute atomic E-state index is 0.303. The van der Waals surface area contributed by atoms with Crippen LogP contribution in [0.5, 0.6) is 6.01 Å². The number of rotatable bonds is 9. The van der Waals surface area contributed by atoms with E-state index in [1.807, 2.05) is 30.3 Å². The lowest BCUT2D eigenvalue weighted by Crippen LogP contribution is -2.06. The first kappa shape index (κ1) is 21.6. The lowest BCUT2D eigenvalue weighted by atomic mass is 10.2. The summed E-state index contributed by atoms with van der Waals surface area (Å²) < 4.78 is 8.90. The average molecular weight is 498 g/mol. The van der Waals surface area contributed by atoms with E-state index in [2.05, 4.69) is 61.7 Å². The lowest BCUT2D eigenvalue weighted by molar-refractivity contribution is 0.286. The fourth-order valence-corrected chi connectivity index (χ4v) is 4.32. The molecule has 0 saturated carbocycles. The van der Waals surface area contributed by atoms with Crippen LogP contribution in [-0.4, -0.2) is 26.1 Å². The number of hydrogen-bond acceptors (Lipinski definition) is 6. The van der Waals surface area contributed by atoms with Gasteiger partial charge in [-0.05, 0) is 29.7 Å². The number of anilines is 1. The van der Waals surface area contributed by atoms with Gasteiger partial charge in [-0.15, -0.1) is 0 Å². The SMILES string of the molecule is CCCCOc1nc(N)c2nc(SCc3ccc(Br)cc3)n(Cc3ccccc3)c2n1. The van der Waals surface area contributed by atoms with Crippen molar-refractivity contribution in [2.75, 3.05) is 12.3 Å². The number of unbranched alkanes of at least 4 members (excludes halogenated alkanes) is 1. The molecule has 0 atom stereocenters. The number of nitrogen functional groups attached to an aromatic ring is 1. The topological polar surface area (TPSA) is 78.9 Å². The normalized spacial score (nSPS) is 11.2. The van der Waals surface area contributed by atoms with Crippen LogP contribution in [0, 0.1) is 0 Å². The van der Waals surface area contributed by atoms with Crippen molar-refractivity contribution < 1.29 is 4.74 Å². The van der Waals surface area contributed by atoms with Crippen molar-refractivity contribution in [3.63, 3.8) is 0 Å². The Labute approximate surface area is 194 Å². The molecule has 4 aromatic rings. The van der Waals surface area contributed by atoms with Gasteiger partial charge in [0, 0.05) is 10.2 Å². The highest BCUT2D eigenvalue weighted by Gasteiger charge is 2.18. The molecule has 0 amide bonds. The van der Waals surface area contributed by atoms with E-state index < -0.39 is 0 Å². The molecule has 31 heavy (non-hydrogen) atoms. The summed E-state index contributed by atoms with van der Waals surface area (Å²) in [6, 6.07) is 18.9. The Morgan fingerprint density at radius 3 is 2.52 bits per heavy atom. The quantitative estimate of drug-likeness (QED) is 0.236. The van der Waals surface area contributed by atoms with Crippen molar-refractivity contribution in [3.05, 3.63) is 70.2 Å². The van der Waals surface area contributed by atoms with E-state index in [4.69, 9.17) is 15.5 Å². The van der Waals surface area contributed by atoms with Crippen molar-refractivity contribution in [2.24, 2.45) is 0 Å². The van der Waals surface area contributed by atoms with Crippen molar-refractivity contribution in [3.8, 4) is 6.01 Å². The summed E-state index contributed by atoms with van der Waals surface area (Å²) in [7, 11) is 0. The number of benzene rings is 2. The molecule has 0 radical (unpaired) electrons. The second-order valence-electron chi connectivity index (χ2n) is 7.15. The molecule has 0 spiro atoms. The van der Waals surface area contributed by atoms with Crippen LogP contribution >= 0.6 is 27.7 Å². The van der Waals surface area contributed by atoms with E-state index in [0.717, 1.165) is 33.8 Å². The molecule has 0 aliphatic heterocycles. The van der Waals surface area contributed by atoms with Crippen LogP contribution < -0.4 is 10.5 Å². The molecular formula is C23H24BrN5OS. The number of thioether (sulfide) groups is 1. The molecule has 0 fully saturated rings. The highest BCUT2D eigenvalue weighted by molar-refractivity contribution is 9.10. The summed E-state index contributed by atoms with van der Waals surface area (Å²) in [4.78, 5) is 13.8. The van der Waals surface area contributed by atoms with Gasteiger partial charge in [0.25, 0.3) is 0 Å². The van der Waals surface area contributed by atoms with Crippen molar-refractivity contribution in [2.45, 2.75) is 37.2 Å². The van der Waals surface area contributed by atoms with Crippen LogP contribution in [-0.2, 0) is 12.3 Å². The summed E-state index contributed by atoms with van der Waals surface area (Å²) in [5.41, 5.74) is 9.92. The Kier molecular flexibility index (Phi) is 7.09. The van der Waals surface area contributed by atoms with Gasteiger partial charge in [-0.25, -0.2) is 4.98 Å². The summed E-state index contributed by atoms with van der Waals surface area (Å²) in [5.74, 6) is 1.13. The number of fused-ring (bicyclic) bond motifs is 1. The third-order valence-corrected chi connectivity index (χ3v) is 6.34. The molecule has 0 unspecified atom stereocenters. The van der Waals surface area contributed by atoms with Crippen molar-refractivity contribution in [1.29, 1.82) is 0 Å². The predicted octanol–water partition coefficient (Wildman–Crippen LogP) is 5.69. The maximum Gasteiger partial charge on any atom is 0.320 e. The number of aromatic nitrogens is 4. The van der Waals surface area contributed by atoms with Gasteiger partial charge in [0.15, 0.2) is 22.1 Å². The fraction of sp³-hybridized carbons (Fsp3) is 0.261. The van der Waals surface area contributed by atoms with Crippen molar-refractivity contribution in [1.82, 2.24) is 19.5 Å². The monoisotopic (exact) mass is 497 g/mol. The molecule has 2 N–H and O–H groups in total. The zero-order chi connectivity index (χ0) is 21.6. The van der Waals surface area contributed by atoms with E-state index in [1.54, 1.807) is 11.8 Å². The molecule has 0 aliphatic carbocycles. The van der Waals surface area contributed by atoms with Crippen LogP contribution in [0.2, 0.25) is 0 Å². The first-order valence-electron chi connectivity index (χ1n) is 10.2. The molecule has 2 heterocycles. The molecule has 160 valence electrons. The van der Waals surface area contributed by atoms with Gasteiger partial charge >= 0.3 is 6.01 Å². The average Bonchev–Trinajstić information content (AvgIpc) is 3.12. The number of halogens is 1. The van der Waals surface area contributed by atoms with E-state index in [-0.39, 0.29) is 0 Å². The zero-order valence-electron chi connectivity index (χ0n) is 17.3. The second-order valence-corrected chi connectivity index (χ2v) is 9.01. The van der Waals surface area contributed by atoms with Gasteiger partial charge < -0.3 is 10.5 Å². The Bertz CT molecular complexity index is 1150. The Morgan fingerprint density at radius 2 is 1.77 bits per heavy atom. The Morgan fingerprint density at radius 1 is 1.00 bits per heavy atom. The van der Waals surface area contributed by atoms with E-state index in [1.165, 1.54) is 5.56 Å². The minimum Gasteiger partial charge on any atom is -0.463 e. The van der Waals surface area contributed by atoms with Gasteiger partial charge in [-0.3, -0.25) is 4.57 Å². The molecule has 6 nitrogen and oxygen atoms in total. The largest absolute Gasteiger partial charge is 0.463 e. The van der Waals surface area contributed by atoms with E-state index in [0.29, 0.717) is 36.1 Å². The summed E-state index contributed by atoms with van der Waals surface area (Å²) in [5, 5.41) is 0.855. The Hall–Kier alpha value is -2.58. The molecule has 0 saturated heterocycles. The third-order valence-electron chi connectivity index (χ3n) is 4.76. The minimum atomic E-state index is 0.303. The molecule has 4 rings (SSSR count). The van der Waals surface area contributed by atoms with Gasteiger partial charge in [-0.1, -0.05) is 83.5 Å². The van der Waals surface area contributed by atoms with Gasteiger partial charge in [-0.2, -0.15) is 9.97 Å². The van der Waals surface area contributed by atoms with Crippen LogP contribution in [0.4, 0.5) is 5.82 Å². The number of nitrogens with zero attached hydrogens (tertiary/aromatic N) is 4. The molecule has 2 aromatic heterocycles. The molecule has 0 aliphatic rings. The van der Waals surface area contributed by atoms with E-state index >= 15 is 0 Å². The number of ether oxygens (including phenoxy) is 1. The van der Waals surface area contributed by atoms with Crippen molar-refractivity contribution >= 4 is 44.7 Å². The van der Waals surface area contributed by atoms with Gasteiger partial charge in [0.1, 0.15) is 0 Å². The summed E-state index contributed by atoms with van der Waals surface area (Å²) >= 11 is 5.15. The van der Waals surface area contributed by atoms with Gasteiger partial charge in [0.2, 0.25) is 0 Å². The first-order valence-corrected chi connectivity index (χ1v) is 12.0. The Balaban J connectivity index is 1.69. The highest BCUT2D eigenvalue weighted by atomic mass is 79.9. The van der Waals surface area contributed by atoms with Gasteiger partial charge in [0.05, 0.1) is 13.2 Å². The zero-order valence-corrected chi connectivity index (χ0v) is 19.7. The number of hydrogen-bond donors (Lipinski definition) is 1. The molecule has 8 heteroatoms. The standard InChI is InChI=1S/C23H24BrN5OS/c1-2-3-13-30-22-27-20(25)19-21(28-22)29(14-16-7-5-4-6-8-16)23(26-19)31-15-17-9-11-18(24)12-10-17/h4-12H,2-3,13-15H2,1H3,(H2,25,27,28). The summed E-state index contributed by atoms with van der Waals surface area (Å²) in [6.07, 6.45) is 1.99. The second kappa shape index (κ2) is 10.2. The maximum absolute atomic E-state index is 6.24. The number of nitrogens with two attached hydrogens (primary N) is 1. The third kappa shape index (κ3) is 5.37. The van der Waals surface area contributed by atoms with Crippen LogP contribution in [0.1, 0.15) is 30.9 Å². The molecular weight excluding hydrogens is 474 g/mol. The first-order chi connectivity index (χ1) is 15.1. The highest BCUT2D eigenvalue weighted by Crippen LogP contribution is 2.30. The van der Waals surface area contributed by atoms with Crippen LogP contribution in [0.25, 0.3) is 11.2 Å². The smallest absolute Gasteiger partial charge is 0.320 e. The maximum atomic E-state index is 6.24. The van der Waals surface area contributed by atoms with Crippen LogP contribution in [0.15, 0.2) is 64.2 Å². The fourth-order valence-electron chi connectivity index (χ4n) is 3.10. The molecule has 2 aromatic carbocycles. The molecule has 0 bridgehead atoms.